The molecule has 1 aliphatic carbocycles. The molecule has 0 spiro atoms. The van der Waals surface area contributed by atoms with E-state index >= 15 is 0 Å². The number of benzene rings is 2. The molecule has 164 valence electrons. The van der Waals surface area contributed by atoms with E-state index in [1.54, 1.807) is 29.6 Å². The average molecular weight is 449 g/mol. The summed E-state index contributed by atoms with van der Waals surface area (Å²) in [6.07, 6.45) is 4.01. The van der Waals surface area contributed by atoms with E-state index in [1.807, 2.05) is 30.3 Å². The minimum absolute atomic E-state index is 0.0927. The van der Waals surface area contributed by atoms with Crippen molar-refractivity contribution in [1.29, 1.82) is 0 Å². The van der Waals surface area contributed by atoms with Crippen LogP contribution in [0.5, 0.6) is 0 Å². The Hall–Kier alpha value is -3.39. The average Bonchev–Trinajstić information content (AvgIpc) is 3.52. The maximum absolute atomic E-state index is 13.6. The molecule has 2 amide bonds. The Balaban J connectivity index is 1.82. The third-order valence-corrected chi connectivity index (χ3v) is 6.16. The number of amides is 2. The summed E-state index contributed by atoms with van der Waals surface area (Å²) in [5.41, 5.74) is 1.73. The lowest BCUT2D eigenvalue weighted by Gasteiger charge is -2.32. The molecule has 32 heavy (non-hydrogen) atoms. The van der Waals surface area contributed by atoms with Crippen LogP contribution < -0.4 is 10.2 Å². The fourth-order valence-corrected chi connectivity index (χ4v) is 4.47. The molecule has 0 radical (unpaired) electrons. The number of ketones is 1. The molecule has 0 unspecified atom stereocenters. The summed E-state index contributed by atoms with van der Waals surface area (Å²) in [6.45, 7) is 1.47. The molecule has 8 heteroatoms. The van der Waals surface area contributed by atoms with Crippen LogP contribution in [0.2, 0.25) is 0 Å². The molecule has 0 bridgehead atoms. The predicted octanol–water partition coefficient (Wildman–Crippen LogP) is 4.19. The van der Waals surface area contributed by atoms with Gasteiger partial charge in [0.1, 0.15) is 6.04 Å². The number of rotatable bonds is 7. The molecule has 0 aliphatic heterocycles. The Morgan fingerprint density at radius 1 is 1.06 bits per heavy atom. The molecule has 1 N–H and O–H groups in total. The molecule has 1 atom stereocenters. The fraction of sp³-hybridized carbons (Fsp3) is 0.292. The largest absolute Gasteiger partial charge is 0.351 e. The van der Waals surface area contributed by atoms with Gasteiger partial charge < -0.3 is 5.32 Å². The maximum atomic E-state index is 13.6. The molecule has 1 fully saturated rings. The third kappa shape index (κ3) is 4.75. The second-order valence-electron chi connectivity index (χ2n) is 7.88. The number of anilines is 1. The smallest absolute Gasteiger partial charge is 0.280 e. The van der Waals surface area contributed by atoms with Crippen molar-refractivity contribution in [3.05, 3.63) is 76.8 Å². The Morgan fingerprint density at radius 3 is 2.47 bits per heavy atom. The van der Waals surface area contributed by atoms with Gasteiger partial charge in [-0.25, -0.2) is 0 Å². The van der Waals surface area contributed by atoms with Gasteiger partial charge in [-0.15, -0.1) is 5.10 Å². The van der Waals surface area contributed by atoms with E-state index in [9.17, 15) is 14.4 Å². The van der Waals surface area contributed by atoms with Crippen LogP contribution in [0, 0.1) is 0 Å². The number of carbonyl (C=O) groups excluding carboxylic acids is 3. The summed E-state index contributed by atoms with van der Waals surface area (Å²) >= 11 is 1.07. The summed E-state index contributed by atoms with van der Waals surface area (Å²) in [5.74, 6) is -0.830. The molecule has 1 saturated carbocycles. The fourth-order valence-electron chi connectivity index (χ4n) is 4.04. The highest BCUT2D eigenvalue weighted by Crippen LogP contribution is 2.31. The van der Waals surface area contributed by atoms with Gasteiger partial charge in [-0.3, -0.25) is 19.3 Å². The van der Waals surface area contributed by atoms with Crippen molar-refractivity contribution in [2.75, 3.05) is 4.90 Å². The van der Waals surface area contributed by atoms with Crippen molar-refractivity contribution < 1.29 is 14.4 Å². The highest BCUT2D eigenvalue weighted by Gasteiger charge is 2.35. The summed E-state index contributed by atoms with van der Waals surface area (Å²) in [6, 6.07) is 15.1. The van der Waals surface area contributed by atoms with Crippen LogP contribution in [0.3, 0.4) is 0 Å². The highest BCUT2D eigenvalue weighted by molar-refractivity contribution is 7.03. The van der Waals surface area contributed by atoms with Crippen LogP contribution in [0.25, 0.3) is 0 Å². The van der Waals surface area contributed by atoms with Crippen LogP contribution in [-0.4, -0.2) is 33.2 Å². The van der Waals surface area contributed by atoms with Gasteiger partial charge in [0, 0.05) is 22.7 Å². The summed E-state index contributed by atoms with van der Waals surface area (Å²) in [4.78, 5) is 40.6. The van der Waals surface area contributed by atoms with Crippen molar-refractivity contribution in [1.82, 2.24) is 14.9 Å². The summed E-state index contributed by atoms with van der Waals surface area (Å²) < 4.78 is 3.81. The normalized spacial score (nSPS) is 14.7. The van der Waals surface area contributed by atoms with Crippen molar-refractivity contribution in [2.24, 2.45) is 0 Å². The van der Waals surface area contributed by atoms with E-state index in [1.165, 1.54) is 11.8 Å². The van der Waals surface area contributed by atoms with Gasteiger partial charge in [0.15, 0.2) is 11.5 Å². The van der Waals surface area contributed by atoms with E-state index < -0.39 is 11.9 Å². The molecule has 1 aromatic heterocycles. The first-order valence-corrected chi connectivity index (χ1v) is 11.4. The second kappa shape index (κ2) is 9.82. The Bertz CT molecular complexity index is 1100. The number of nitrogens with one attached hydrogen (secondary N) is 1. The number of carbonyl (C=O) groups is 3. The van der Waals surface area contributed by atoms with Gasteiger partial charge in [0.2, 0.25) is 5.91 Å². The van der Waals surface area contributed by atoms with Crippen molar-refractivity contribution in [3.8, 4) is 0 Å². The monoisotopic (exact) mass is 448 g/mol. The summed E-state index contributed by atoms with van der Waals surface area (Å²) in [7, 11) is 0. The lowest BCUT2D eigenvalue weighted by molar-refractivity contribution is -0.123. The predicted molar refractivity (Wildman–Crippen MR) is 123 cm³/mol. The quantitative estimate of drug-likeness (QED) is 0.547. The Labute approximate surface area is 190 Å². The Kier molecular flexibility index (Phi) is 6.70. The first-order valence-electron chi connectivity index (χ1n) is 10.6. The van der Waals surface area contributed by atoms with Gasteiger partial charge in [-0.1, -0.05) is 59.8 Å². The minimum Gasteiger partial charge on any atom is -0.351 e. The van der Waals surface area contributed by atoms with Gasteiger partial charge >= 0.3 is 0 Å². The molecule has 3 aromatic rings. The molecule has 2 aromatic carbocycles. The first kappa shape index (κ1) is 21.8. The van der Waals surface area contributed by atoms with Gasteiger partial charge in [-0.2, -0.15) is 0 Å². The third-order valence-electron chi connectivity index (χ3n) is 5.65. The topological polar surface area (TPSA) is 92.3 Å². The van der Waals surface area contributed by atoms with Gasteiger partial charge in [0.25, 0.3) is 5.91 Å². The number of nitrogens with zero attached hydrogens (tertiary/aromatic N) is 3. The minimum atomic E-state index is -0.923. The molecule has 1 heterocycles. The first-order chi connectivity index (χ1) is 15.5. The van der Waals surface area contributed by atoms with Gasteiger partial charge in [0.05, 0.1) is 0 Å². The lowest BCUT2D eigenvalue weighted by atomic mass is 10.0. The molecular weight excluding hydrogens is 424 g/mol. The van der Waals surface area contributed by atoms with E-state index in [0.29, 0.717) is 16.8 Å². The van der Waals surface area contributed by atoms with Crippen molar-refractivity contribution in [3.63, 3.8) is 0 Å². The molecule has 7 nitrogen and oxygen atoms in total. The molecule has 0 saturated heterocycles. The molecular formula is C24H24N4O3S. The summed E-state index contributed by atoms with van der Waals surface area (Å²) in [5, 5.41) is 8.63. The second-order valence-corrected chi connectivity index (χ2v) is 8.48. The standard InChI is InChI=1S/C24H24N4O3S/c1-16(29)18-10-7-13-20(14-18)28(24(31)21-15-32-27-26-21)22(17-8-3-2-4-9-17)23(30)25-19-11-5-6-12-19/h2-4,7-10,13-15,19,22H,5-6,11-12H2,1H3,(H,25,30)/t22-/m1/s1. The van der Waals surface area contributed by atoms with E-state index in [0.717, 1.165) is 37.2 Å². The number of Topliss-reactive ketones (excluding diaryl/α,β-unsaturated/α-hetero) is 1. The highest BCUT2D eigenvalue weighted by atomic mass is 32.1. The van der Waals surface area contributed by atoms with Crippen LogP contribution in [0.4, 0.5) is 5.69 Å². The zero-order valence-corrected chi connectivity index (χ0v) is 18.5. The van der Waals surface area contributed by atoms with E-state index in [4.69, 9.17) is 0 Å². The van der Waals surface area contributed by atoms with Crippen molar-refractivity contribution >= 4 is 34.8 Å². The number of hydrogen-bond donors (Lipinski definition) is 1. The Morgan fingerprint density at radius 2 is 1.81 bits per heavy atom. The van der Waals surface area contributed by atoms with Gasteiger partial charge in [-0.05, 0) is 49.0 Å². The van der Waals surface area contributed by atoms with E-state index in [-0.39, 0.29) is 23.4 Å². The van der Waals surface area contributed by atoms with Crippen LogP contribution in [-0.2, 0) is 4.79 Å². The van der Waals surface area contributed by atoms with Crippen LogP contribution in [0.1, 0.15) is 65.1 Å². The zero-order valence-electron chi connectivity index (χ0n) is 17.7. The lowest BCUT2D eigenvalue weighted by Crippen LogP contribution is -2.46. The maximum Gasteiger partial charge on any atom is 0.280 e. The van der Waals surface area contributed by atoms with Crippen LogP contribution in [0.15, 0.2) is 60.0 Å². The number of hydrogen-bond acceptors (Lipinski definition) is 6. The van der Waals surface area contributed by atoms with Crippen molar-refractivity contribution in [2.45, 2.75) is 44.7 Å². The SMILES string of the molecule is CC(=O)c1cccc(N(C(=O)c2csnn2)[C@@H](C(=O)NC2CCCC2)c2ccccc2)c1. The number of aromatic nitrogens is 2. The molecule has 1 aliphatic rings. The molecule has 4 rings (SSSR count). The van der Waals surface area contributed by atoms with Crippen LogP contribution >= 0.6 is 11.5 Å². The zero-order chi connectivity index (χ0) is 22.5. The van der Waals surface area contributed by atoms with E-state index in [2.05, 4.69) is 14.9 Å².